The van der Waals surface area contributed by atoms with Crippen molar-refractivity contribution < 1.29 is 23.8 Å². The molecule has 0 bridgehead atoms. The molecule has 0 unspecified atom stereocenters. The fraction of sp³-hybridized carbons (Fsp3) is 0.545. The molecule has 8 nitrogen and oxygen atoms in total. The number of methoxy groups -OCH3 is 3. The smallest absolute Gasteiger partial charge is 0.316 e. The molecule has 2 aliphatic heterocycles. The van der Waals surface area contributed by atoms with Crippen molar-refractivity contribution in [3.63, 3.8) is 0 Å². The Hall–Kier alpha value is -2.55. The second-order valence-electron chi connectivity index (χ2n) is 7.88. The lowest BCUT2D eigenvalue weighted by atomic mass is 9.84. The second-order valence-corrected chi connectivity index (χ2v) is 8.83. The number of hydrogen-bond donors (Lipinski definition) is 0. The monoisotopic (exact) mass is 445 g/mol. The van der Waals surface area contributed by atoms with E-state index in [0.29, 0.717) is 34.1 Å². The number of esters is 1. The maximum atomic E-state index is 13.0. The van der Waals surface area contributed by atoms with E-state index >= 15 is 0 Å². The number of thioether (sulfide) groups is 1. The van der Waals surface area contributed by atoms with Crippen LogP contribution < -0.4 is 9.47 Å². The Bertz CT molecular complexity index is 939. The first-order chi connectivity index (χ1) is 15.0. The topological polar surface area (TPSA) is 89.8 Å². The fourth-order valence-electron chi connectivity index (χ4n) is 4.43. The molecule has 0 saturated heterocycles. The molecule has 166 valence electrons. The van der Waals surface area contributed by atoms with E-state index in [9.17, 15) is 9.59 Å². The first kappa shape index (κ1) is 21.7. The molecular formula is C22H27N3O5S. The highest BCUT2D eigenvalue weighted by Crippen LogP contribution is 2.42. The highest BCUT2D eigenvalue weighted by atomic mass is 32.2. The first-order valence-electron chi connectivity index (χ1n) is 10.5. The summed E-state index contributed by atoms with van der Waals surface area (Å²) < 4.78 is 15.7. The summed E-state index contributed by atoms with van der Waals surface area (Å²) in [5.74, 6) is 1.74. The van der Waals surface area contributed by atoms with Crippen molar-refractivity contribution in [2.45, 2.75) is 44.6 Å². The van der Waals surface area contributed by atoms with Crippen molar-refractivity contribution >= 4 is 40.3 Å². The first-order valence-corrected chi connectivity index (χ1v) is 11.5. The Labute approximate surface area is 186 Å². The average Bonchev–Trinajstić information content (AvgIpc) is 3.13. The molecule has 1 amide bonds. The van der Waals surface area contributed by atoms with Gasteiger partial charge in [-0.15, -0.1) is 0 Å². The maximum absolute atomic E-state index is 13.0. The van der Waals surface area contributed by atoms with Crippen LogP contribution in [0.25, 0.3) is 0 Å². The molecule has 2 heterocycles. The number of hydrogen-bond acceptors (Lipinski definition) is 8. The number of amidine groups is 2. The number of ether oxygens (including phenoxy) is 3. The SMILES string of the molecule is COC(=O)CSC1=Nc2cc(OC)c(OC)cc2C2=NC(=O)[C@H](CC3CCCCC3)N12. The molecule has 1 atom stereocenters. The lowest BCUT2D eigenvalue weighted by Gasteiger charge is -2.33. The summed E-state index contributed by atoms with van der Waals surface area (Å²) in [5, 5.41) is 0.579. The summed E-state index contributed by atoms with van der Waals surface area (Å²) in [5.41, 5.74) is 1.35. The Morgan fingerprint density at radius 3 is 2.48 bits per heavy atom. The number of nitrogens with zero attached hydrogens (tertiary/aromatic N) is 3. The van der Waals surface area contributed by atoms with E-state index in [1.807, 2.05) is 11.0 Å². The van der Waals surface area contributed by atoms with Crippen LogP contribution in [0.3, 0.4) is 0 Å². The minimum Gasteiger partial charge on any atom is -0.493 e. The number of carbonyl (C=O) groups excluding carboxylic acids is 2. The number of rotatable bonds is 6. The molecular weight excluding hydrogens is 418 g/mol. The zero-order valence-corrected chi connectivity index (χ0v) is 18.9. The molecule has 1 saturated carbocycles. The minimum atomic E-state index is -0.400. The molecule has 3 aliphatic rings. The van der Waals surface area contributed by atoms with E-state index in [-0.39, 0.29) is 17.6 Å². The van der Waals surface area contributed by atoms with Crippen LogP contribution in [0.15, 0.2) is 22.1 Å². The van der Waals surface area contributed by atoms with Crippen LogP contribution in [-0.2, 0) is 14.3 Å². The van der Waals surface area contributed by atoms with Gasteiger partial charge in [0, 0.05) is 11.6 Å². The Morgan fingerprint density at radius 2 is 1.81 bits per heavy atom. The molecule has 1 fully saturated rings. The molecule has 0 N–H and O–H groups in total. The summed E-state index contributed by atoms with van der Waals surface area (Å²) >= 11 is 1.26. The number of amides is 1. The molecule has 31 heavy (non-hydrogen) atoms. The number of fused-ring (bicyclic) bond motifs is 3. The van der Waals surface area contributed by atoms with Crippen LogP contribution in [-0.4, -0.2) is 60.9 Å². The largest absolute Gasteiger partial charge is 0.493 e. The van der Waals surface area contributed by atoms with E-state index in [2.05, 4.69) is 4.99 Å². The third kappa shape index (κ3) is 4.28. The third-order valence-corrected chi connectivity index (χ3v) is 6.96. The van der Waals surface area contributed by atoms with Gasteiger partial charge in [-0.1, -0.05) is 43.9 Å². The summed E-state index contributed by atoms with van der Waals surface area (Å²) in [6.07, 6.45) is 6.69. The van der Waals surface area contributed by atoms with E-state index in [1.165, 1.54) is 38.1 Å². The number of carbonyl (C=O) groups is 2. The van der Waals surface area contributed by atoms with Crippen molar-refractivity contribution in [1.29, 1.82) is 0 Å². The third-order valence-electron chi connectivity index (χ3n) is 6.03. The van der Waals surface area contributed by atoms with Crippen molar-refractivity contribution in [3.8, 4) is 11.5 Å². The van der Waals surface area contributed by atoms with Gasteiger partial charge in [-0.25, -0.2) is 4.99 Å². The van der Waals surface area contributed by atoms with Crippen LogP contribution in [0.2, 0.25) is 0 Å². The van der Waals surface area contributed by atoms with Crippen LogP contribution in [0, 0.1) is 5.92 Å². The van der Waals surface area contributed by atoms with E-state index in [1.54, 1.807) is 20.3 Å². The molecule has 1 aliphatic carbocycles. The van der Waals surface area contributed by atoms with Gasteiger partial charge in [0.25, 0.3) is 5.91 Å². The quantitative estimate of drug-likeness (QED) is 0.619. The molecule has 0 aromatic heterocycles. The lowest BCUT2D eigenvalue weighted by Crippen LogP contribution is -2.44. The highest BCUT2D eigenvalue weighted by Gasteiger charge is 2.43. The van der Waals surface area contributed by atoms with Crippen LogP contribution in [0.5, 0.6) is 11.5 Å². The molecule has 1 aromatic rings. The van der Waals surface area contributed by atoms with Crippen LogP contribution in [0.1, 0.15) is 44.1 Å². The Kier molecular flexibility index (Phi) is 6.50. The van der Waals surface area contributed by atoms with Crippen molar-refractivity contribution in [2.75, 3.05) is 27.1 Å². The molecule has 1 aromatic carbocycles. The summed E-state index contributed by atoms with van der Waals surface area (Å²) in [6, 6.07) is 3.18. The second kappa shape index (κ2) is 9.30. The lowest BCUT2D eigenvalue weighted by molar-refractivity contribution is -0.137. The van der Waals surface area contributed by atoms with Gasteiger partial charge in [-0.2, -0.15) is 4.99 Å². The normalized spacial score (nSPS) is 20.5. The predicted octanol–water partition coefficient (Wildman–Crippen LogP) is 3.54. The number of aliphatic imine (C=N–C) groups is 2. The Balaban J connectivity index is 1.72. The zero-order valence-electron chi connectivity index (χ0n) is 18.1. The van der Waals surface area contributed by atoms with Gasteiger partial charge >= 0.3 is 5.97 Å². The van der Waals surface area contributed by atoms with Gasteiger partial charge in [0.1, 0.15) is 11.9 Å². The van der Waals surface area contributed by atoms with Crippen LogP contribution >= 0.6 is 11.8 Å². The van der Waals surface area contributed by atoms with Gasteiger partial charge in [0.05, 0.1) is 32.8 Å². The molecule has 0 radical (unpaired) electrons. The zero-order chi connectivity index (χ0) is 22.0. The molecule has 0 spiro atoms. The van der Waals surface area contributed by atoms with Gasteiger partial charge in [0.2, 0.25) is 0 Å². The van der Waals surface area contributed by atoms with Gasteiger partial charge in [0.15, 0.2) is 16.7 Å². The standard InChI is InChI=1S/C22H27N3O5S/c1-28-17-10-14-15(11-18(17)29-2)23-22(31-12-19(26)30-3)25-16(21(27)24-20(14)25)9-13-7-5-4-6-8-13/h10-11,13,16H,4-9,12H2,1-3H3/t16-/m0/s1. The summed E-state index contributed by atoms with van der Waals surface area (Å²) in [4.78, 5) is 35.9. The average molecular weight is 446 g/mol. The van der Waals surface area contributed by atoms with Gasteiger partial charge in [-0.3, -0.25) is 14.5 Å². The summed E-state index contributed by atoms with van der Waals surface area (Å²) in [7, 11) is 4.49. The van der Waals surface area contributed by atoms with Gasteiger partial charge in [-0.05, 0) is 18.4 Å². The predicted molar refractivity (Wildman–Crippen MR) is 119 cm³/mol. The molecule has 4 rings (SSSR count). The van der Waals surface area contributed by atoms with E-state index in [0.717, 1.165) is 24.8 Å². The van der Waals surface area contributed by atoms with Crippen LogP contribution in [0.4, 0.5) is 5.69 Å². The highest BCUT2D eigenvalue weighted by molar-refractivity contribution is 8.14. The Morgan fingerprint density at radius 1 is 1.10 bits per heavy atom. The maximum Gasteiger partial charge on any atom is 0.316 e. The minimum absolute atomic E-state index is 0.103. The molecule has 9 heteroatoms. The fourth-order valence-corrected chi connectivity index (χ4v) is 5.31. The number of benzene rings is 1. The van der Waals surface area contributed by atoms with Crippen molar-refractivity contribution in [1.82, 2.24) is 4.90 Å². The van der Waals surface area contributed by atoms with Gasteiger partial charge < -0.3 is 14.2 Å². The summed E-state index contributed by atoms with van der Waals surface area (Å²) in [6.45, 7) is 0. The van der Waals surface area contributed by atoms with Crippen molar-refractivity contribution in [2.24, 2.45) is 15.9 Å². The van der Waals surface area contributed by atoms with Crippen molar-refractivity contribution in [3.05, 3.63) is 17.7 Å². The van der Waals surface area contributed by atoms with E-state index in [4.69, 9.17) is 19.2 Å². The van der Waals surface area contributed by atoms with E-state index < -0.39 is 6.04 Å².